The zero-order valence-electron chi connectivity index (χ0n) is 27.5. The minimum atomic E-state index is -0.671. The number of likely N-dealkylation sites (N-methyl/N-ethyl adjacent to an activating group) is 1. The summed E-state index contributed by atoms with van der Waals surface area (Å²) >= 11 is 0. The third-order valence-corrected chi connectivity index (χ3v) is 8.54. The van der Waals surface area contributed by atoms with Gasteiger partial charge in [0, 0.05) is 24.8 Å². The smallest absolute Gasteiger partial charge is 0.411 e. The lowest BCUT2D eigenvalue weighted by atomic mass is 9.78. The number of hydrogen-bond donors (Lipinski definition) is 2. The van der Waals surface area contributed by atoms with Gasteiger partial charge in [-0.1, -0.05) is 30.3 Å². The van der Waals surface area contributed by atoms with Crippen LogP contribution < -0.4 is 15.4 Å². The van der Waals surface area contributed by atoms with E-state index in [1.165, 1.54) is 13.2 Å². The molecule has 2 saturated carbocycles. The van der Waals surface area contributed by atoms with Gasteiger partial charge >= 0.3 is 18.2 Å². The van der Waals surface area contributed by atoms with E-state index in [0.717, 1.165) is 50.5 Å². The second-order valence-electron chi connectivity index (χ2n) is 13.2. The maximum absolute atomic E-state index is 13.6. The molecule has 46 heavy (non-hydrogen) atoms. The predicted octanol–water partition coefficient (Wildman–Crippen LogP) is 6.31. The summed E-state index contributed by atoms with van der Waals surface area (Å²) in [7, 11) is 3.11. The van der Waals surface area contributed by atoms with Crippen LogP contribution in [0.4, 0.5) is 15.3 Å². The van der Waals surface area contributed by atoms with Gasteiger partial charge in [-0.05, 0) is 95.2 Å². The molecule has 2 aliphatic carbocycles. The van der Waals surface area contributed by atoms with Crippen molar-refractivity contribution in [1.82, 2.24) is 10.2 Å². The van der Waals surface area contributed by atoms with Gasteiger partial charge in [-0.25, -0.2) is 14.4 Å². The first-order valence-corrected chi connectivity index (χ1v) is 16.0. The minimum Gasteiger partial charge on any atom is -0.493 e. The van der Waals surface area contributed by atoms with Crippen LogP contribution >= 0.6 is 0 Å². The van der Waals surface area contributed by atoms with Crippen LogP contribution in [0.1, 0.15) is 81.6 Å². The molecule has 0 bridgehead atoms. The SMILES string of the molecule is COC(=O)c1cc(NC(=O)OCc2ccccc2)cc(OCC2CCC([C@H](NC(=O)OC(C)(C)C)C(=O)N(C)C3CCC3)CC2)c1. The molecule has 0 spiro atoms. The van der Waals surface area contributed by atoms with Crippen LogP contribution in [0.2, 0.25) is 0 Å². The number of ether oxygens (including phenoxy) is 4. The lowest BCUT2D eigenvalue weighted by Crippen LogP contribution is -2.55. The maximum Gasteiger partial charge on any atom is 0.411 e. The van der Waals surface area contributed by atoms with Gasteiger partial charge in [-0.2, -0.15) is 0 Å². The van der Waals surface area contributed by atoms with Gasteiger partial charge in [0.15, 0.2) is 0 Å². The number of amides is 3. The maximum atomic E-state index is 13.6. The summed E-state index contributed by atoms with van der Waals surface area (Å²) in [5.74, 6) is -0.0554. The van der Waals surface area contributed by atoms with E-state index in [-0.39, 0.29) is 36.0 Å². The molecule has 2 N–H and O–H groups in total. The Kier molecular flexibility index (Phi) is 11.9. The number of esters is 1. The zero-order valence-corrected chi connectivity index (χ0v) is 27.5. The average Bonchev–Trinajstić information content (AvgIpc) is 3.00. The highest BCUT2D eigenvalue weighted by molar-refractivity contribution is 5.93. The van der Waals surface area contributed by atoms with Crippen LogP contribution in [0.3, 0.4) is 0 Å². The molecule has 0 heterocycles. The van der Waals surface area contributed by atoms with E-state index in [0.29, 0.717) is 18.0 Å². The van der Waals surface area contributed by atoms with Crippen molar-refractivity contribution in [3.8, 4) is 5.75 Å². The molecule has 0 radical (unpaired) electrons. The predicted molar refractivity (Wildman–Crippen MR) is 173 cm³/mol. The Morgan fingerprint density at radius 3 is 2.24 bits per heavy atom. The summed E-state index contributed by atoms with van der Waals surface area (Å²) in [4.78, 5) is 52.9. The highest BCUT2D eigenvalue weighted by atomic mass is 16.6. The Bertz CT molecular complexity index is 1350. The summed E-state index contributed by atoms with van der Waals surface area (Å²) in [6, 6.07) is 13.6. The topological polar surface area (TPSA) is 133 Å². The van der Waals surface area contributed by atoms with Gasteiger partial charge in [-0.3, -0.25) is 10.1 Å². The van der Waals surface area contributed by atoms with Crippen LogP contribution in [-0.4, -0.2) is 67.4 Å². The fourth-order valence-electron chi connectivity index (χ4n) is 5.76. The molecule has 2 aromatic carbocycles. The first kappa shape index (κ1) is 34.6. The molecular weight excluding hydrogens is 590 g/mol. The van der Waals surface area contributed by atoms with Gasteiger partial charge in [0.05, 0.1) is 19.3 Å². The third-order valence-electron chi connectivity index (χ3n) is 8.54. The summed E-state index contributed by atoms with van der Waals surface area (Å²) in [6.45, 7) is 5.88. The van der Waals surface area contributed by atoms with Crippen LogP contribution in [0.25, 0.3) is 0 Å². The summed E-state index contributed by atoms with van der Waals surface area (Å²) in [5, 5.41) is 5.55. The molecule has 0 saturated heterocycles. The van der Waals surface area contributed by atoms with Gasteiger partial charge in [0.1, 0.15) is 24.0 Å². The number of benzene rings is 2. The molecule has 0 aromatic heterocycles. The van der Waals surface area contributed by atoms with Crippen molar-refractivity contribution >= 4 is 29.8 Å². The van der Waals surface area contributed by atoms with Crippen molar-refractivity contribution in [3.05, 3.63) is 59.7 Å². The van der Waals surface area contributed by atoms with Gasteiger partial charge in [-0.15, -0.1) is 0 Å². The molecule has 11 nitrogen and oxygen atoms in total. The van der Waals surface area contributed by atoms with Crippen LogP contribution in [0.15, 0.2) is 48.5 Å². The van der Waals surface area contributed by atoms with E-state index in [1.54, 1.807) is 37.8 Å². The van der Waals surface area contributed by atoms with Gasteiger partial charge in [0.25, 0.3) is 0 Å². The number of hydrogen-bond acceptors (Lipinski definition) is 8. The number of carbonyl (C=O) groups excluding carboxylic acids is 4. The Morgan fingerprint density at radius 2 is 1.63 bits per heavy atom. The third kappa shape index (κ3) is 10.1. The zero-order chi connectivity index (χ0) is 33.3. The van der Waals surface area contributed by atoms with Crippen molar-refractivity contribution in [2.45, 2.75) is 90.0 Å². The molecule has 2 aromatic rings. The van der Waals surface area contributed by atoms with E-state index in [2.05, 4.69) is 10.6 Å². The molecule has 3 amide bonds. The summed E-state index contributed by atoms with van der Waals surface area (Å²) in [5.41, 5.74) is 0.744. The quantitative estimate of drug-likeness (QED) is 0.216. The number of nitrogens with one attached hydrogen (secondary N) is 2. The van der Waals surface area contributed by atoms with E-state index in [4.69, 9.17) is 18.9 Å². The van der Waals surface area contributed by atoms with E-state index >= 15 is 0 Å². The van der Waals surface area contributed by atoms with Crippen molar-refractivity contribution in [2.75, 3.05) is 26.1 Å². The van der Waals surface area contributed by atoms with Gasteiger partial charge in [0.2, 0.25) is 5.91 Å². The second kappa shape index (κ2) is 15.8. The van der Waals surface area contributed by atoms with Crippen LogP contribution in [0, 0.1) is 11.8 Å². The molecule has 11 heteroatoms. The molecule has 0 aliphatic heterocycles. The van der Waals surface area contributed by atoms with E-state index in [9.17, 15) is 19.2 Å². The minimum absolute atomic E-state index is 0.0286. The standard InChI is InChI=1S/C35H47N3O8/c1-35(2,3)46-34(42)37-30(31(39)38(4)28-12-9-13-28)25-16-14-24(15-17-25)21-44-29-19-26(32(40)43-5)18-27(20-29)36-33(41)45-22-23-10-7-6-8-11-23/h6-8,10-11,18-20,24-25,28,30H,9,12-17,21-22H2,1-5H3,(H,36,41)(H,37,42)/t24?,25?,30-/m0/s1. The van der Waals surface area contributed by atoms with Gasteiger partial charge < -0.3 is 29.2 Å². The molecule has 2 aliphatic rings. The molecule has 4 rings (SSSR count). The number of anilines is 1. The normalized spacial score (nSPS) is 18.7. The summed E-state index contributed by atoms with van der Waals surface area (Å²) < 4.78 is 21.8. The first-order chi connectivity index (χ1) is 21.9. The Labute approximate surface area is 271 Å². The lowest BCUT2D eigenvalue weighted by Gasteiger charge is -2.40. The van der Waals surface area contributed by atoms with E-state index < -0.39 is 29.8 Å². The highest BCUT2D eigenvalue weighted by Gasteiger charge is 2.38. The first-order valence-electron chi connectivity index (χ1n) is 16.0. The van der Waals surface area contributed by atoms with Crippen molar-refractivity contribution in [2.24, 2.45) is 11.8 Å². The van der Waals surface area contributed by atoms with E-state index in [1.807, 2.05) is 37.4 Å². The molecule has 250 valence electrons. The fraction of sp³-hybridized carbons (Fsp3) is 0.543. The van der Waals surface area contributed by atoms with Crippen LogP contribution in [0.5, 0.6) is 5.75 Å². The molecule has 0 unspecified atom stereocenters. The molecular formula is C35H47N3O8. The Hall–Kier alpha value is -4.28. The monoisotopic (exact) mass is 637 g/mol. The number of rotatable bonds is 11. The number of carbonyl (C=O) groups is 4. The molecule has 1 atom stereocenters. The lowest BCUT2D eigenvalue weighted by molar-refractivity contribution is -0.137. The molecule has 2 fully saturated rings. The van der Waals surface area contributed by atoms with Crippen molar-refractivity contribution in [3.63, 3.8) is 0 Å². The average molecular weight is 638 g/mol. The summed E-state index contributed by atoms with van der Waals surface area (Å²) in [6.07, 6.45) is 4.89. The van der Waals surface area contributed by atoms with Crippen molar-refractivity contribution < 1.29 is 38.1 Å². The number of methoxy groups -OCH3 is 1. The Morgan fingerprint density at radius 1 is 0.935 bits per heavy atom. The van der Waals surface area contributed by atoms with Crippen molar-refractivity contribution in [1.29, 1.82) is 0 Å². The van der Waals surface area contributed by atoms with Crippen LogP contribution in [-0.2, 0) is 25.6 Å². The largest absolute Gasteiger partial charge is 0.493 e. The number of alkyl carbamates (subject to hydrolysis) is 1. The Balaban J connectivity index is 1.35. The second-order valence-corrected chi connectivity index (χ2v) is 13.2. The highest BCUT2D eigenvalue weighted by Crippen LogP contribution is 2.34. The fourth-order valence-corrected chi connectivity index (χ4v) is 5.76. The number of nitrogens with zero attached hydrogens (tertiary/aromatic N) is 1.